The van der Waals surface area contributed by atoms with Gasteiger partial charge in [-0.3, -0.25) is 0 Å². The highest BCUT2D eigenvalue weighted by Gasteiger charge is 2.41. The van der Waals surface area contributed by atoms with Crippen molar-refractivity contribution in [2.75, 3.05) is 0 Å². The normalized spacial score (nSPS) is 32.9. The minimum atomic E-state index is 0.669. The Morgan fingerprint density at radius 1 is 1.07 bits per heavy atom. The molecule has 1 aromatic rings. The Balaban J connectivity index is 2.03. The summed E-state index contributed by atoms with van der Waals surface area (Å²) in [7, 11) is 0. The first-order valence-corrected chi connectivity index (χ1v) is 11.2. The molecule has 2 aliphatic rings. The molecule has 3 rings (SSSR count). The molecule has 0 radical (unpaired) electrons. The average Bonchev–Trinajstić information content (AvgIpc) is 2.59. The van der Waals surface area contributed by atoms with Crippen molar-refractivity contribution in [1.82, 2.24) is 0 Å². The van der Waals surface area contributed by atoms with E-state index in [0.717, 1.165) is 23.7 Å². The molecule has 0 N–H and O–H groups in total. The van der Waals surface area contributed by atoms with Crippen molar-refractivity contribution in [3.63, 3.8) is 0 Å². The van der Waals surface area contributed by atoms with E-state index in [1.807, 2.05) is 0 Å². The molecule has 27 heavy (non-hydrogen) atoms. The van der Waals surface area contributed by atoms with Crippen molar-refractivity contribution < 1.29 is 0 Å². The zero-order chi connectivity index (χ0) is 19.7. The highest BCUT2D eigenvalue weighted by Crippen LogP contribution is 2.52. The second kappa shape index (κ2) is 8.38. The molecule has 2 saturated carbocycles. The Morgan fingerprint density at radius 2 is 1.81 bits per heavy atom. The van der Waals surface area contributed by atoms with Crippen LogP contribution in [0, 0.1) is 43.4 Å². The van der Waals surface area contributed by atoms with Gasteiger partial charge in [0.25, 0.3) is 0 Å². The number of allylic oxidation sites excluding steroid dienone is 2. The van der Waals surface area contributed by atoms with Crippen molar-refractivity contribution in [3.05, 3.63) is 59.2 Å². The Bertz CT molecular complexity index is 694. The van der Waals surface area contributed by atoms with Crippen molar-refractivity contribution in [1.29, 1.82) is 0 Å². The molecule has 2 aliphatic carbocycles. The van der Waals surface area contributed by atoms with Gasteiger partial charge in [0.05, 0.1) is 0 Å². The number of aryl methyl sites for hydroxylation is 2. The fourth-order valence-corrected chi connectivity index (χ4v) is 6.28. The fraction of sp³-hybridized carbons (Fsp3) is 0.630. The largest absolute Gasteiger partial charge is 0.0999 e. The molecular weight excluding hydrogens is 324 g/mol. The highest BCUT2D eigenvalue weighted by atomic mass is 14.5. The Hall–Kier alpha value is -1.30. The second-order valence-corrected chi connectivity index (χ2v) is 10.1. The van der Waals surface area contributed by atoms with E-state index in [4.69, 9.17) is 0 Å². The summed E-state index contributed by atoms with van der Waals surface area (Å²) in [6.45, 7) is 20.5. The third kappa shape index (κ3) is 4.41. The molecule has 0 aromatic heterocycles. The lowest BCUT2D eigenvalue weighted by molar-refractivity contribution is 0.120. The van der Waals surface area contributed by atoms with E-state index in [2.05, 4.69) is 66.0 Å². The first-order chi connectivity index (χ1) is 12.8. The van der Waals surface area contributed by atoms with E-state index >= 15 is 0 Å². The maximum absolute atomic E-state index is 4.44. The van der Waals surface area contributed by atoms with Crippen LogP contribution in [0.1, 0.15) is 81.9 Å². The third-order valence-corrected chi connectivity index (χ3v) is 7.68. The molecule has 0 heteroatoms. The molecule has 6 atom stereocenters. The Kier molecular flexibility index (Phi) is 6.34. The van der Waals surface area contributed by atoms with Gasteiger partial charge in [-0.1, -0.05) is 68.3 Å². The van der Waals surface area contributed by atoms with Crippen LogP contribution in [0.3, 0.4) is 0 Å². The number of benzene rings is 1. The molecular formula is C27H40. The average molecular weight is 365 g/mol. The molecule has 0 bridgehead atoms. The topological polar surface area (TPSA) is 0 Å². The maximum Gasteiger partial charge on any atom is -0.00942 e. The van der Waals surface area contributed by atoms with Crippen LogP contribution in [0.2, 0.25) is 0 Å². The standard InChI is InChI=1S/C27H40/c1-17(2)26-16-20(5)10-13-25(26)27(23-11-8-18(3)14-21(23)6)24-12-9-19(4)15-22(24)7/h9,12,15,20-21,23,25-27H,1,3,8,10-11,13-14,16H2,2,4-7H3. The summed E-state index contributed by atoms with van der Waals surface area (Å²) in [4.78, 5) is 0. The summed E-state index contributed by atoms with van der Waals surface area (Å²) in [5.41, 5.74) is 7.38. The minimum Gasteiger partial charge on any atom is -0.0999 e. The zero-order valence-corrected chi connectivity index (χ0v) is 18.4. The van der Waals surface area contributed by atoms with Crippen LogP contribution in [0.4, 0.5) is 0 Å². The van der Waals surface area contributed by atoms with Crippen molar-refractivity contribution in [3.8, 4) is 0 Å². The molecule has 148 valence electrons. The van der Waals surface area contributed by atoms with Crippen LogP contribution in [-0.2, 0) is 0 Å². The molecule has 0 heterocycles. The Morgan fingerprint density at radius 3 is 2.44 bits per heavy atom. The van der Waals surface area contributed by atoms with Gasteiger partial charge in [-0.2, -0.15) is 0 Å². The van der Waals surface area contributed by atoms with Crippen molar-refractivity contribution in [2.24, 2.45) is 29.6 Å². The summed E-state index contributed by atoms with van der Waals surface area (Å²) in [6.07, 6.45) is 7.82. The maximum atomic E-state index is 4.44. The van der Waals surface area contributed by atoms with Crippen LogP contribution in [0.15, 0.2) is 42.5 Å². The first-order valence-electron chi connectivity index (χ1n) is 11.2. The van der Waals surface area contributed by atoms with Gasteiger partial charge < -0.3 is 0 Å². The third-order valence-electron chi connectivity index (χ3n) is 7.68. The predicted octanol–water partition coefficient (Wildman–Crippen LogP) is 8.01. The van der Waals surface area contributed by atoms with Gasteiger partial charge in [0.1, 0.15) is 0 Å². The lowest BCUT2D eigenvalue weighted by Crippen LogP contribution is -2.36. The van der Waals surface area contributed by atoms with Gasteiger partial charge in [0.2, 0.25) is 0 Å². The summed E-state index contributed by atoms with van der Waals surface area (Å²) in [6, 6.07) is 7.19. The van der Waals surface area contributed by atoms with Gasteiger partial charge in [-0.25, -0.2) is 0 Å². The number of hydrogen-bond acceptors (Lipinski definition) is 0. The van der Waals surface area contributed by atoms with Gasteiger partial charge in [-0.15, -0.1) is 0 Å². The minimum absolute atomic E-state index is 0.669. The van der Waals surface area contributed by atoms with Crippen LogP contribution in [-0.4, -0.2) is 0 Å². The van der Waals surface area contributed by atoms with E-state index in [-0.39, 0.29) is 0 Å². The lowest BCUT2D eigenvalue weighted by atomic mass is 9.58. The fourth-order valence-electron chi connectivity index (χ4n) is 6.28. The molecule has 0 spiro atoms. The summed E-state index contributed by atoms with van der Waals surface area (Å²) >= 11 is 0. The molecule has 0 aliphatic heterocycles. The Labute approximate surface area is 168 Å². The highest BCUT2D eigenvalue weighted by molar-refractivity contribution is 5.35. The summed E-state index contributed by atoms with van der Waals surface area (Å²) < 4.78 is 0. The molecule has 0 amide bonds. The molecule has 0 nitrogen and oxygen atoms in total. The lowest BCUT2D eigenvalue weighted by Gasteiger charge is -2.47. The van der Waals surface area contributed by atoms with Gasteiger partial charge in [-0.05, 0) is 99.5 Å². The number of rotatable bonds is 4. The number of hydrogen-bond donors (Lipinski definition) is 0. The quantitative estimate of drug-likeness (QED) is 0.475. The second-order valence-electron chi connectivity index (χ2n) is 10.1. The molecule has 0 saturated heterocycles. The van der Waals surface area contributed by atoms with Gasteiger partial charge in [0.15, 0.2) is 0 Å². The summed E-state index contributed by atoms with van der Waals surface area (Å²) in [5.74, 6) is 4.45. The van der Waals surface area contributed by atoms with E-state index in [1.165, 1.54) is 60.8 Å². The van der Waals surface area contributed by atoms with E-state index < -0.39 is 0 Å². The van der Waals surface area contributed by atoms with Crippen LogP contribution >= 0.6 is 0 Å². The zero-order valence-electron chi connectivity index (χ0n) is 18.4. The van der Waals surface area contributed by atoms with Crippen LogP contribution in [0.25, 0.3) is 0 Å². The molecule has 2 fully saturated rings. The van der Waals surface area contributed by atoms with Crippen molar-refractivity contribution >= 4 is 0 Å². The van der Waals surface area contributed by atoms with Gasteiger partial charge >= 0.3 is 0 Å². The van der Waals surface area contributed by atoms with E-state index in [9.17, 15) is 0 Å². The summed E-state index contributed by atoms with van der Waals surface area (Å²) in [5, 5.41) is 0. The smallest absolute Gasteiger partial charge is 0.00942 e. The van der Waals surface area contributed by atoms with E-state index in [0.29, 0.717) is 11.8 Å². The van der Waals surface area contributed by atoms with Crippen LogP contribution in [0.5, 0.6) is 0 Å². The predicted molar refractivity (Wildman–Crippen MR) is 119 cm³/mol. The van der Waals surface area contributed by atoms with Crippen molar-refractivity contribution in [2.45, 2.75) is 79.1 Å². The van der Waals surface area contributed by atoms with E-state index in [1.54, 1.807) is 5.56 Å². The van der Waals surface area contributed by atoms with Crippen LogP contribution < -0.4 is 0 Å². The first kappa shape index (κ1) is 20.4. The monoisotopic (exact) mass is 364 g/mol. The molecule has 1 aromatic carbocycles. The molecule has 6 unspecified atom stereocenters. The van der Waals surface area contributed by atoms with Gasteiger partial charge in [0, 0.05) is 0 Å². The SMILES string of the molecule is C=C1CCC(C(c2ccc(C)cc2C)C2CCC(C)CC2C(=C)C)C(C)C1.